The predicted molar refractivity (Wildman–Crippen MR) is 79.4 cm³/mol. The number of anilines is 1. The highest BCUT2D eigenvalue weighted by atomic mass is 16.1. The maximum atomic E-state index is 11.1. The van der Waals surface area contributed by atoms with E-state index in [1.165, 1.54) is 12.6 Å². The van der Waals surface area contributed by atoms with Gasteiger partial charge in [0, 0.05) is 51.1 Å². The molecule has 1 amide bonds. The first kappa shape index (κ1) is 14.3. The number of aryl methyl sites for hydroxylation is 1. The van der Waals surface area contributed by atoms with Gasteiger partial charge in [-0.2, -0.15) is 5.10 Å². The SMILES string of the molecule is CC(=O)Nc1ccccc1CNCCc1ccnn1C. The fraction of sp³-hybridized carbons (Fsp3) is 0.333. The van der Waals surface area contributed by atoms with Gasteiger partial charge >= 0.3 is 0 Å². The van der Waals surface area contributed by atoms with Crippen LogP contribution in [-0.4, -0.2) is 22.2 Å². The third-order valence-electron chi connectivity index (χ3n) is 3.12. The number of hydrogen-bond acceptors (Lipinski definition) is 3. The Balaban J connectivity index is 1.85. The summed E-state index contributed by atoms with van der Waals surface area (Å²) in [5.41, 5.74) is 3.16. The molecular weight excluding hydrogens is 252 g/mol. The molecular formula is C15H20N4O. The summed E-state index contributed by atoms with van der Waals surface area (Å²) in [6.45, 7) is 3.12. The second-order valence-corrected chi connectivity index (χ2v) is 4.71. The molecule has 0 fully saturated rings. The number of para-hydroxylation sites is 1. The second kappa shape index (κ2) is 6.86. The van der Waals surface area contributed by atoms with Gasteiger partial charge < -0.3 is 10.6 Å². The monoisotopic (exact) mass is 272 g/mol. The molecule has 1 aromatic heterocycles. The van der Waals surface area contributed by atoms with Crippen molar-refractivity contribution in [2.45, 2.75) is 19.9 Å². The average molecular weight is 272 g/mol. The van der Waals surface area contributed by atoms with Crippen molar-refractivity contribution in [1.29, 1.82) is 0 Å². The van der Waals surface area contributed by atoms with Crippen LogP contribution in [0.4, 0.5) is 5.69 Å². The lowest BCUT2D eigenvalue weighted by Crippen LogP contribution is -2.19. The minimum atomic E-state index is -0.0488. The highest BCUT2D eigenvalue weighted by Gasteiger charge is 2.03. The van der Waals surface area contributed by atoms with Gasteiger partial charge in [0.2, 0.25) is 5.91 Å². The van der Waals surface area contributed by atoms with Gasteiger partial charge in [-0.15, -0.1) is 0 Å². The van der Waals surface area contributed by atoms with Crippen molar-refractivity contribution in [2.75, 3.05) is 11.9 Å². The normalized spacial score (nSPS) is 10.5. The van der Waals surface area contributed by atoms with Gasteiger partial charge in [0.15, 0.2) is 0 Å². The second-order valence-electron chi connectivity index (χ2n) is 4.71. The van der Waals surface area contributed by atoms with Crippen LogP contribution in [0.15, 0.2) is 36.5 Å². The molecule has 0 bridgehead atoms. The van der Waals surface area contributed by atoms with Crippen LogP contribution in [-0.2, 0) is 24.8 Å². The van der Waals surface area contributed by atoms with Crippen molar-refractivity contribution >= 4 is 11.6 Å². The van der Waals surface area contributed by atoms with E-state index < -0.39 is 0 Å². The fourth-order valence-corrected chi connectivity index (χ4v) is 2.07. The van der Waals surface area contributed by atoms with Crippen molar-refractivity contribution in [3.05, 3.63) is 47.8 Å². The standard InChI is InChI=1S/C15H20N4O/c1-12(20)18-15-6-4-3-5-13(15)11-16-9-7-14-8-10-17-19(14)2/h3-6,8,10,16H,7,9,11H2,1-2H3,(H,18,20). The summed E-state index contributed by atoms with van der Waals surface area (Å²) >= 11 is 0. The number of hydrogen-bond donors (Lipinski definition) is 2. The van der Waals surface area contributed by atoms with Gasteiger partial charge in [0.1, 0.15) is 0 Å². The highest BCUT2D eigenvalue weighted by molar-refractivity contribution is 5.89. The van der Waals surface area contributed by atoms with E-state index in [2.05, 4.69) is 15.7 Å². The van der Waals surface area contributed by atoms with Gasteiger partial charge in [-0.3, -0.25) is 9.48 Å². The zero-order chi connectivity index (χ0) is 14.4. The van der Waals surface area contributed by atoms with E-state index in [1.807, 2.05) is 42.1 Å². The molecule has 0 spiro atoms. The zero-order valence-corrected chi connectivity index (χ0v) is 11.9. The van der Waals surface area contributed by atoms with Crippen molar-refractivity contribution in [1.82, 2.24) is 15.1 Å². The van der Waals surface area contributed by atoms with Gasteiger partial charge in [-0.25, -0.2) is 0 Å². The lowest BCUT2D eigenvalue weighted by molar-refractivity contribution is -0.114. The number of aromatic nitrogens is 2. The molecule has 0 aliphatic heterocycles. The Bertz CT molecular complexity index is 577. The van der Waals surface area contributed by atoms with Crippen molar-refractivity contribution in [3.63, 3.8) is 0 Å². The summed E-state index contributed by atoms with van der Waals surface area (Å²) in [6.07, 6.45) is 2.74. The van der Waals surface area contributed by atoms with E-state index in [-0.39, 0.29) is 5.91 Å². The minimum absolute atomic E-state index is 0.0488. The summed E-state index contributed by atoms with van der Waals surface area (Å²) in [6, 6.07) is 9.85. The molecule has 0 atom stereocenters. The molecule has 1 aromatic carbocycles. The molecule has 106 valence electrons. The average Bonchev–Trinajstić information content (AvgIpc) is 2.81. The van der Waals surface area contributed by atoms with Crippen LogP contribution in [0.2, 0.25) is 0 Å². The van der Waals surface area contributed by atoms with Gasteiger partial charge in [-0.05, 0) is 17.7 Å². The lowest BCUT2D eigenvalue weighted by Gasteiger charge is -2.10. The smallest absolute Gasteiger partial charge is 0.221 e. The molecule has 2 aromatic rings. The fourth-order valence-electron chi connectivity index (χ4n) is 2.07. The first-order valence-corrected chi connectivity index (χ1v) is 6.70. The number of amides is 1. The molecule has 0 aliphatic rings. The third kappa shape index (κ3) is 3.93. The summed E-state index contributed by atoms with van der Waals surface area (Å²) in [5.74, 6) is -0.0488. The van der Waals surface area contributed by atoms with Crippen LogP contribution >= 0.6 is 0 Å². The Labute approximate surface area is 119 Å². The molecule has 5 heteroatoms. The molecule has 1 heterocycles. The minimum Gasteiger partial charge on any atom is -0.326 e. The number of nitrogens with zero attached hydrogens (tertiary/aromatic N) is 2. The van der Waals surface area contributed by atoms with Crippen LogP contribution in [0.3, 0.4) is 0 Å². The molecule has 0 aliphatic carbocycles. The van der Waals surface area contributed by atoms with Crippen molar-refractivity contribution in [3.8, 4) is 0 Å². The topological polar surface area (TPSA) is 59.0 Å². The van der Waals surface area contributed by atoms with Crippen molar-refractivity contribution in [2.24, 2.45) is 7.05 Å². The van der Waals surface area contributed by atoms with E-state index in [0.29, 0.717) is 0 Å². The zero-order valence-electron chi connectivity index (χ0n) is 11.9. The number of carbonyl (C=O) groups excluding carboxylic acids is 1. The lowest BCUT2D eigenvalue weighted by atomic mass is 10.1. The molecule has 0 saturated carbocycles. The Morgan fingerprint density at radius 2 is 2.10 bits per heavy atom. The quantitative estimate of drug-likeness (QED) is 0.787. The Morgan fingerprint density at radius 1 is 1.30 bits per heavy atom. The highest BCUT2D eigenvalue weighted by Crippen LogP contribution is 2.14. The molecule has 2 rings (SSSR count). The van der Waals surface area contributed by atoms with Crippen LogP contribution in [0.25, 0.3) is 0 Å². The first-order chi connectivity index (χ1) is 9.66. The number of rotatable bonds is 6. The maximum Gasteiger partial charge on any atom is 0.221 e. The predicted octanol–water partition coefficient (Wildman–Crippen LogP) is 1.71. The summed E-state index contributed by atoms with van der Waals surface area (Å²) in [7, 11) is 1.95. The molecule has 5 nitrogen and oxygen atoms in total. The number of benzene rings is 1. The molecule has 0 saturated heterocycles. The van der Waals surface area contributed by atoms with E-state index in [9.17, 15) is 4.79 Å². The van der Waals surface area contributed by atoms with Crippen molar-refractivity contribution < 1.29 is 4.79 Å². The summed E-state index contributed by atoms with van der Waals surface area (Å²) in [5, 5.41) is 10.4. The first-order valence-electron chi connectivity index (χ1n) is 6.70. The van der Waals surface area contributed by atoms with Crippen LogP contribution in [0.1, 0.15) is 18.2 Å². The Kier molecular flexibility index (Phi) is 4.90. The van der Waals surface area contributed by atoms with Gasteiger partial charge in [-0.1, -0.05) is 18.2 Å². The number of nitrogens with one attached hydrogen (secondary N) is 2. The van der Waals surface area contributed by atoms with E-state index in [1.54, 1.807) is 6.20 Å². The Morgan fingerprint density at radius 3 is 2.80 bits per heavy atom. The van der Waals surface area contributed by atoms with Gasteiger partial charge in [0.05, 0.1) is 0 Å². The molecule has 20 heavy (non-hydrogen) atoms. The van der Waals surface area contributed by atoms with Crippen LogP contribution < -0.4 is 10.6 Å². The van der Waals surface area contributed by atoms with E-state index in [0.717, 1.165) is 30.8 Å². The Hall–Kier alpha value is -2.14. The molecule has 0 radical (unpaired) electrons. The molecule has 2 N–H and O–H groups in total. The van der Waals surface area contributed by atoms with Gasteiger partial charge in [0.25, 0.3) is 0 Å². The maximum absolute atomic E-state index is 11.1. The van der Waals surface area contributed by atoms with Crippen LogP contribution in [0.5, 0.6) is 0 Å². The van der Waals surface area contributed by atoms with E-state index >= 15 is 0 Å². The van der Waals surface area contributed by atoms with E-state index in [4.69, 9.17) is 0 Å². The largest absolute Gasteiger partial charge is 0.326 e. The molecule has 0 unspecified atom stereocenters. The third-order valence-corrected chi connectivity index (χ3v) is 3.12. The summed E-state index contributed by atoms with van der Waals surface area (Å²) in [4.78, 5) is 11.1. The van der Waals surface area contributed by atoms with Crippen LogP contribution in [0, 0.1) is 0 Å². The summed E-state index contributed by atoms with van der Waals surface area (Å²) < 4.78 is 1.88. The number of carbonyl (C=O) groups is 1.